The van der Waals surface area contributed by atoms with Crippen LogP contribution in [0.1, 0.15) is 17.3 Å². The lowest BCUT2D eigenvalue weighted by Crippen LogP contribution is -2.49. The molecule has 0 aliphatic carbocycles. The minimum Gasteiger partial charge on any atom is -0.339 e. The molecule has 1 aliphatic heterocycles. The lowest BCUT2D eigenvalue weighted by atomic mass is 10.2. The molecule has 7 nitrogen and oxygen atoms in total. The van der Waals surface area contributed by atoms with E-state index in [1.807, 2.05) is 0 Å². The molecule has 1 heterocycles. The number of benzene rings is 1. The van der Waals surface area contributed by atoms with Crippen molar-refractivity contribution in [1.82, 2.24) is 14.5 Å². The van der Waals surface area contributed by atoms with Crippen LogP contribution in [0.15, 0.2) is 29.2 Å². The van der Waals surface area contributed by atoms with Gasteiger partial charge in [0, 0.05) is 38.8 Å². The lowest BCUT2D eigenvalue weighted by Gasteiger charge is -2.29. The van der Waals surface area contributed by atoms with Gasteiger partial charge in [-0.25, -0.2) is 8.42 Å². The molecule has 134 valence electrons. The number of rotatable bonds is 5. The number of nitrogens with one attached hydrogen (secondary N) is 1. The number of Topliss-reactive ketones (excluding diaryl/α,β-unsaturated/α-hetero) is 1. The first-order valence-corrected chi connectivity index (χ1v) is 8.82. The SMILES string of the molecule is CC(=O)c1cccc(S(=O)(=O)N(C)CC(=O)N2CCNCC2)c1.Cl. The fraction of sp³-hybridized carbons (Fsp3) is 0.467. The summed E-state index contributed by atoms with van der Waals surface area (Å²) in [4.78, 5) is 25.3. The van der Waals surface area contributed by atoms with E-state index in [1.54, 1.807) is 11.0 Å². The fourth-order valence-corrected chi connectivity index (χ4v) is 3.51. The predicted molar refractivity (Wildman–Crippen MR) is 93.0 cm³/mol. The molecule has 1 saturated heterocycles. The molecule has 0 saturated carbocycles. The second-order valence-electron chi connectivity index (χ2n) is 5.48. The van der Waals surface area contributed by atoms with Gasteiger partial charge in [0.25, 0.3) is 0 Å². The Hall–Kier alpha value is -1.48. The standard InChI is InChI=1S/C15H21N3O4S.ClH/c1-12(19)13-4-3-5-14(10-13)23(21,22)17(2)11-15(20)18-8-6-16-7-9-18;/h3-5,10,16H,6-9,11H2,1-2H3;1H. The first-order valence-electron chi connectivity index (χ1n) is 7.38. The first kappa shape index (κ1) is 20.6. The number of hydrogen-bond acceptors (Lipinski definition) is 5. The van der Waals surface area contributed by atoms with Crippen molar-refractivity contribution in [3.8, 4) is 0 Å². The van der Waals surface area contributed by atoms with Crippen molar-refractivity contribution in [1.29, 1.82) is 0 Å². The van der Waals surface area contributed by atoms with Crippen LogP contribution in [0.25, 0.3) is 0 Å². The maximum absolute atomic E-state index is 12.6. The number of amides is 1. The normalized spacial score (nSPS) is 15.0. The zero-order valence-electron chi connectivity index (χ0n) is 13.7. The van der Waals surface area contributed by atoms with Crippen LogP contribution in [-0.2, 0) is 14.8 Å². The fourth-order valence-electron chi connectivity index (χ4n) is 2.35. The Balaban J connectivity index is 0.00000288. The number of piperazine rings is 1. The number of nitrogens with zero attached hydrogens (tertiary/aromatic N) is 2. The van der Waals surface area contributed by atoms with Gasteiger partial charge in [-0.3, -0.25) is 9.59 Å². The number of halogens is 1. The summed E-state index contributed by atoms with van der Waals surface area (Å²) in [6, 6.07) is 5.85. The van der Waals surface area contributed by atoms with Crippen LogP contribution in [0.2, 0.25) is 0 Å². The van der Waals surface area contributed by atoms with Crippen LogP contribution in [0.3, 0.4) is 0 Å². The van der Waals surface area contributed by atoms with Gasteiger partial charge >= 0.3 is 0 Å². The Morgan fingerprint density at radius 3 is 2.46 bits per heavy atom. The first-order chi connectivity index (χ1) is 10.8. The highest BCUT2D eigenvalue weighted by Gasteiger charge is 2.26. The Morgan fingerprint density at radius 1 is 1.25 bits per heavy atom. The maximum Gasteiger partial charge on any atom is 0.243 e. The highest BCUT2D eigenvalue weighted by Crippen LogP contribution is 2.16. The smallest absolute Gasteiger partial charge is 0.243 e. The van der Waals surface area contributed by atoms with Gasteiger partial charge < -0.3 is 10.2 Å². The minimum atomic E-state index is -3.81. The van der Waals surface area contributed by atoms with Crippen LogP contribution in [0, 0.1) is 0 Å². The predicted octanol–water partition coefficient (Wildman–Crippen LogP) is 0.363. The number of carbonyl (C=O) groups excluding carboxylic acids is 2. The van der Waals surface area contributed by atoms with Gasteiger partial charge in [0.1, 0.15) is 0 Å². The molecule has 1 aromatic rings. The summed E-state index contributed by atoms with van der Waals surface area (Å²) < 4.78 is 26.1. The highest BCUT2D eigenvalue weighted by atomic mass is 35.5. The molecule has 0 radical (unpaired) electrons. The van der Waals surface area contributed by atoms with E-state index >= 15 is 0 Å². The average Bonchev–Trinajstić information content (AvgIpc) is 2.55. The number of likely N-dealkylation sites (N-methyl/N-ethyl adjacent to an activating group) is 1. The average molecular weight is 376 g/mol. The molecule has 0 unspecified atom stereocenters. The lowest BCUT2D eigenvalue weighted by molar-refractivity contribution is -0.131. The number of carbonyl (C=O) groups is 2. The molecule has 1 fully saturated rings. The molecule has 1 amide bonds. The molecule has 0 atom stereocenters. The third-order valence-corrected chi connectivity index (χ3v) is 5.58. The summed E-state index contributed by atoms with van der Waals surface area (Å²) in [6.07, 6.45) is 0. The zero-order chi connectivity index (χ0) is 17.0. The molecular weight excluding hydrogens is 354 g/mol. The van der Waals surface area contributed by atoms with Gasteiger partial charge in [-0.2, -0.15) is 4.31 Å². The van der Waals surface area contributed by atoms with E-state index in [0.717, 1.165) is 4.31 Å². The Labute approximate surface area is 148 Å². The second kappa shape index (κ2) is 8.57. The van der Waals surface area contributed by atoms with Gasteiger partial charge in [0.15, 0.2) is 5.78 Å². The van der Waals surface area contributed by atoms with Crippen LogP contribution in [-0.4, -0.2) is 69.1 Å². The summed E-state index contributed by atoms with van der Waals surface area (Å²) in [5.41, 5.74) is 0.327. The van der Waals surface area contributed by atoms with E-state index in [9.17, 15) is 18.0 Å². The zero-order valence-corrected chi connectivity index (χ0v) is 15.3. The summed E-state index contributed by atoms with van der Waals surface area (Å²) in [6.45, 7) is 3.74. The van der Waals surface area contributed by atoms with Crippen molar-refractivity contribution in [3.05, 3.63) is 29.8 Å². The van der Waals surface area contributed by atoms with Crippen molar-refractivity contribution in [2.45, 2.75) is 11.8 Å². The Bertz CT molecular complexity index is 702. The second-order valence-corrected chi connectivity index (χ2v) is 7.52. The molecule has 2 rings (SSSR count). The largest absolute Gasteiger partial charge is 0.339 e. The van der Waals surface area contributed by atoms with Gasteiger partial charge in [-0.1, -0.05) is 12.1 Å². The Kier molecular flexibility index (Phi) is 7.34. The number of ketones is 1. The van der Waals surface area contributed by atoms with Crippen LogP contribution >= 0.6 is 12.4 Å². The van der Waals surface area contributed by atoms with Gasteiger partial charge in [0.2, 0.25) is 15.9 Å². The molecule has 0 spiro atoms. The summed E-state index contributed by atoms with van der Waals surface area (Å²) in [5, 5.41) is 3.14. The van der Waals surface area contributed by atoms with Crippen molar-refractivity contribution >= 4 is 34.1 Å². The highest BCUT2D eigenvalue weighted by molar-refractivity contribution is 7.89. The molecule has 0 aromatic heterocycles. The summed E-state index contributed by atoms with van der Waals surface area (Å²) in [5.74, 6) is -0.429. The minimum absolute atomic E-state index is 0. The van der Waals surface area contributed by atoms with Crippen molar-refractivity contribution in [2.24, 2.45) is 0 Å². The van der Waals surface area contributed by atoms with E-state index in [2.05, 4.69) is 5.32 Å². The molecule has 24 heavy (non-hydrogen) atoms. The monoisotopic (exact) mass is 375 g/mol. The third-order valence-electron chi connectivity index (χ3n) is 3.78. The van der Waals surface area contributed by atoms with Gasteiger partial charge in [0.05, 0.1) is 11.4 Å². The van der Waals surface area contributed by atoms with E-state index in [1.165, 1.54) is 32.2 Å². The van der Waals surface area contributed by atoms with Crippen molar-refractivity contribution in [3.63, 3.8) is 0 Å². The van der Waals surface area contributed by atoms with Crippen LogP contribution in [0.5, 0.6) is 0 Å². The molecule has 0 bridgehead atoms. The molecule has 1 aliphatic rings. The van der Waals surface area contributed by atoms with Crippen LogP contribution in [0.4, 0.5) is 0 Å². The van der Waals surface area contributed by atoms with Gasteiger partial charge in [-0.05, 0) is 19.1 Å². The molecule has 9 heteroatoms. The van der Waals surface area contributed by atoms with Crippen molar-refractivity contribution < 1.29 is 18.0 Å². The number of sulfonamides is 1. The summed E-state index contributed by atoms with van der Waals surface area (Å²) >= 11 is 0. The topological polar surface area (TPSA) is 86.8 Å². The summed E-state index contributed by atoms with van der Waals surface area (Å²) in [7, 11) is -2.44. The number of hydrogen-bond donors (Lipinski definition) is 1. The quantitative estimate of drug-likeness (QED) is 0.751. The van der Waals surface area contributed by atoms with E-state index < -0.39 is 10.0 Å². The van der Waals surface area contributed by atoms with E-state index in [0.29, 0.717) is 31.7 Å². The maximum atomic E-state index is 12.6. The molecule has 1 aromatic carbocycles. The molecular formula is C15H22ClN3O4S. The van der Waals surface area contributed by atoms with Crippen molar-refractivity contribution in [2.75, 3.05) is 39.8 Å². The van der Waals surface area contributed by atoms with Gasteiger partial charge in [-0.15, -0.1) is 12.4 Å². The molecule has 1 N–H and O–H groups in total. The van der Waals surface area contributed by atoms with E-state index in [-0.39, 0.29) is 35.5 Å². The van der Waals surface area contributed by atoms with Crippen LogP contribution < -0.4 is 5.32 Å². The Morgan fingerprint density at radius 2 is 1.88 bits per heavy atom. The van der Waals surface area contributed by atoms with E-state index in [4.69, 9.17) is 0 Å². The third kappa shape index (κ3) is 4.76.